The van der Waals surface area contributed by atoms with Gasteiger partial charge in [-0.3, -0.25) is 4.79 Å². The largest absolute Gasteiger partial charge is 0.413 e. The summed E-state index contributed by atoms with van der Waals surface area (Å²) in [5.74, 6) is -0.106. The van der Waals surface area contributed by atoms with Crippen LogP contribution >= 0.6 is 0 Å². The van der Waals surface area contributed by atoms with Crippen molar-refractivity contribution in [3.8, 4) is 0 Å². The second-order valence-electron chi connectivity index (χ2n) is 9.95. The average Bonchev–Trinajstić information content (AvgIpc) is 3.20. The number of amides is 1. The maximum Gasteiger partial charge on any atom is 0.237 e. The van der Waals surface area contributed by atoms with Crippen molar-refractivity contribution >= 4 is 14.2 Å². The molecule has 0 radical (unpaired) electrons. The summed E-state index contributed by atoms with van der Waals surface area (Å²) in [5, 5.41) is 17.6. The van der Waals surface area contributed by atoms with Gasteiger partial charge in [0.15, 0.2) is 8.32 Å². The van der Waals surface area contributed by atoms with Crippen molar-refractivity contribution in [2.75, 3.05) is 6.54 Å². The van der Waals surface area contributed by atoms with E-state index in [4.69, 9.17) is 4.43 Å². The second-order valence-corrected chi connectivity index (χ2v) is 14.7. The first-order valence-corrected chi connectivity index (χ1v) is 14.0. The quantitative estimate of drug-likeness (QED) is 0.561. The van der Waals surface area contributed by atoms with Gasteiger partial charge in [-0.2, -0.15) is 0 Å². The Bertz CT molecular complexity index is 852. The van der Waals surface area contributed by atoms with E-state index < -0.39 is 20.5 Å². The van der Waals surface area contributed by atoms with Gasteiger partial charge < -0.3 is 20.2 Å². The maximum absolute atomic E-state index is 13.1. The molecular formula is C25H36N2O3Si. The fraction of sp³-hybridized carbons (Fsp3) is 0.480. The van der Waals surface area contributed by atoms with E-state index in [0.29, 0.717) is 13.0 Å². The molecule has 1 amide bonds. The first-order valence-electron chi connectivity index (χ1n) is 11.1. The average molecular weight is 441 g/mol. The van der Waals surface area contributed by atoms with Gasteiger partial charge in [0, 0.05) is 6.54 Å². The Balaban J connectivity index is 1.70. The minimum absolute atomic E-state index is 0.0332. The van der Waals surface area contributed by atoms with Crippen LogP contribution in [-0.2, 0) is 9.22 Å². The molecule has 1 heterocycles. The molecule has 1 saturated heterocycles. The van der Waals surface area contributed by atoms with Crippen LogP contribution in [0, 0.1) is 0 Å². The summed E-state index contributed by atoms with van der Waals surface area (Å²) in [7, 11) is -1.89. The molecule has 1 aliphatic rings. The first kappa shape index (κ1) is 23.7. The summed E-state index contributed by atoms with van der Waals surface area (Å²) >= 11 is 0. The van der Waals surface area contributed by atoms with Crippen LogP contribution in [0.15, 0.2) is 60.7 Å². The van der Waals surface area contributed by atoms with Crippen LogP contribution in [0.3, 0.4) is 0 Å². The van der Waals surface area contributed by atoms with Crippen LogP contribution < -0.4 is 10.6 Å². The van der Waals surface area contributed by atoms with Gasteiger partial charge in [-0.15, -0.1) is 0 Å². The smallest absolute Gasteiger partial charge is 0.237 e. The van der Waals surface area contributed by atoms with E-state index in [1.165, 1.54) is 0 Å². The molecule has 1 fully saturated rings. The van der Waals surface area contributed by atoms with Gasteiger partial charge in [-0.25, -0.2) is 0 Å². The highest BCUT2D eigenvalue weighted by atomic mass is 28.4. The number of aliphatic hydroxyl groups is 1. The Morgan fingerprint density at radius 1 is 1.06 bits per heavy atom. The Kier molecular flexibility index (Phi) is 7.37. The topological polar surface area (TPSA) is 70.6 Å². The number of rotatable bonds is 7. The maximum atomic E-state index is 13.1. The third-order valence-corrected chi connectivity index (χ3v) is 11.1. The molecule has 5 nitrogen and oxygen atoms in total. The molecule has 6 heteroatoms. The van der Waals surface area contributed by atoms with Crippen molar-refractivity contribution < 1.29 is 14.3 Å². The lowest BCUT2D eigenvalue weighted by Gasteiger charge is -2.38. The molecule has 0 aromatic heterocycles. The van der Waals surface area contributed by atoms with E-state index >= 15 is 0 Å². The molecule has 1 aliphatic heterocycles. The summed E-state index contributed by atoms with van der Waals surface area (Å²) in [6, 6.07) is 18.2. The first-order chi connectivity index (χ1) is 14.6. The van der Waals surface area contributed by atoms with Gasteiger partial charge >= 0.3 is 0 Å². The Hall–Kier alpha value is -1.99. The van der Waals surface area contributed by atoms with E-state index in [9.17, 15) is 9.90 Å². The van der Waals surface area contributed by atoms with Gasteiger partial charge in [0.1, 0.15) is 6.10 Å². The molecule has 0 aliphatic carbocycles. The highest BCUT2D eigenvalue weighted by Crippen LogP contribution is 2.38. The van der Waals surface area contributed by atoms with Crippen LogP contribution in [0.1, 0.15) is 50.5 Å². The fourth-order valence-electron chi connectivity index (χ4n) is 3.69. The lowest BCUT2D eigenvalue weighted by Crippen LogP contribution is -2.44. The predicted molar refractivity (Wildman–Crippen MR) is 127 cm³/mol. The lowest BCUT2D eigenvalue weighted by molar-refractivity contribution is -0.124. The number of hydrogen-bond donors (Lipinski definition) is 3. The number of benzene rings is 2. The third kappa shape index (κ3) is 5.83. The van der Waals surface area contributed by atoms with Gasteiger partial charge in [0.2, 0.25) is 5.91 Å². The van der Waals surface area contributed by atoms with Crippen LogP contribution in [0.25, 0.3) is 0 Å². The molecule has 31 heavy (non-hydrogen) atoms. The molecule has 3 rings (SSSR count). The molecule has 0 bridgehead atoms. The van der Waals surface area contributed by atoms with Gasteiger partial charge in [0.05, 0.1) is 18.2 Å². The summed E-state index contributed by atoms with van der Waals surface area (Å²) in [6.45, 7) is 11.8. The summed E-state index contributed by atoms with van der Waals surface area (Å²) in [4.78, 5) is 13.1. The number of aliphatic hydroxyl groups excluding tert-OH is 1. The molecule has 3 N–H and O–H groups in total. The molecular weight excluding hydrogens is 404 g/mol. The normalized spacial score (nSPS) is 21.5. The molecule has 0 spiro atoms. The summed E-state index contributed by atoms with van der Waals surface area (Å²) in [5.41, 5.74) is 1.65. The number of hydrogen-bond acceptors (Lipinski definition) is 4. The summed E-state index contributed by atoms with van der Waals surface area (Å²) < 4.78 is 6.50. The van der Waals surface area contributed by atoms with E-state index in [1.54, 1.807) is 0 Å². The third-order valence-electron chi connectivity index (χ3n) is 6.59. The predicted octanol–water partition coefficient (Wildman–Crippen LogP) is 4.33. The van der Waals surface area contributed by atoms with Crippen molar-refractivity contribution in [1.82, 2.24) is 10.6 Å². The minimum atomic E-state index is -1.89. The monoisotopic (exact) mass is 440 g/mol. The fourth-order valence-corrected chi connectivity index (χ4v) is 5.05. The van der Waals surface area contributed by atoms with Crippen LogP contribution in [-0.4, -0.2) is 38.0 Å². The number of carbonyl (C=O) groups is 1. The van der Waals surface area contributed by atoms with Gasteiger partial charge in [0.25, 0.3) is 0 Å². The Morgan fingerprint density at radius 3 is 2.16 bits per heavy atom. The van der Waals surface area contributed by atoms with E-state index in [1.807, 2.05) is 60.7 Å². The molecule has 2 aromatic carbocycles. The van der Waals surface area contributed by atoms with Crippen LogP contribution in [0.5, 0.6) is 0 Å². The molecule has 0 unspecified atom stereocenters. The number of nitrogens with one attached hydrogen (secondary N) is 2. The zero-order valence-electron chi connectivity index (χ0n) is 19.3. The zero-order chi connectivity index (χ0) is 22.6. The highest BCUT2D eigenvalue weighted by molar-refractivity contribution is 6.74. The van der Waals surface area contributed by atoms with Crippen molar-refractivity contribution in [2.45, 2.75) is 69.6 Å². The van der Waals surface area contributed by atoms with Crippen molar-refractivity contribution in [3.05, 3.63) is 71.8 Å². The van der Waals surface area contributed by atoms with Crippen molar-refractivity contribution in [3.63, 3.8) is 0 Å². The van der Waals surface area contributed by atoms with Crippen LogP contribution in [0.4, 0.5) is 0 Å². The van der Waals surface area contributed by atoms with E-state index in [2.05, 4.69) is 44.5 Å². The van der Waals surface area contributed by atoms with E-state index in [0.717, 1.165) is 11.1 Å². The molecule has 168 valence electrons. The Labute approximate surface area is 187 Å². The lowest BCUT2D eigenvalue weighted by atomic mass is 9.95. The molecule has 4 atom stereocenters. The van der Waals surface area contributed by atoms with Crippen LogP contribution in [0.2, 0.25) is 18.1 Å². The van der Waals surface area contributed by atoms with Gasteiger partial charge in [-0.1, -0.05) is 81.4 Å². The van der Waals surface area contributed by atoms with Gasteiger partial charge in [-0.05, 0) is 35.7 Å². The van der Waals surface area contributed by atoms with Crippen molar-refractivity contribution in [2.24, 2.45) is 0 Å². The van der Waals surface area contributed by atoms with Crippen molar-refractivity contribution in [1.29, 1.82) is 0 Å². The Morgan fingerprint density at radius 2 is 1.61 bits per heavy atom. The highest BCUT2D eigenvalue weighted by Gasteiger charge is 2.42. The number of carbonyl (C=O) groups excluding carboxylic acids is 1. The standard InChI is InChI=1S/C25H36N2O3Si/c1-25(2,3)31(4,5)30-20-16-21(26-17-20)24(29)27-22(18-12-8-6-9-13-18)23(28)19-14-10-7-11-15-19/h6-15,20-23,26,28H,16-17H2,1-5H3,(H,27,29)/t20-,21+,22-,23+/m1/s1. The SMILES string of the molecule is CC(C)(C)[Si](C)(C)O[C@H]1CN[C@H](C(=O)N[C@H](c2ccccc2)[C@@H](O)c2ccccc2)C1. The van der Waals surface area contributed by atoms with E-state index in [-0.39, 0.29) is 23.1 Å². The molecule has 0 saturated carbocycles. The second kappa shape index (κ2) is 9.65. The summed E-state index contributed by atoms with van der Waals surface area (Å²) in [6.07, 6.45) is -0.166. The minimum Gasteiger partial charge on any atom is -0.413 e. The zero-order valence-corrected chi connectivity index (χ0v) is 20.3. The molecule has 2 aromatic rings.